The Morgan fingerprint density at radius 2 is 1.56 bits per heavy atom. The van der Waals surface area contributed by atoms with Gasteiger partial charge < -0.3 is 5.73 Å². The van der Waals surface area contributed by atoms with Crippen molar-refractivity contribution in [1.29, 1.82) is 0 Å². The molecular formula is C12H22N2O2. The minimum Gasteiger partial charge on any atom is -0.330 e. The van der Waals surface area contributed by atoms with E-state index in [4.69, 9.17) is 5.73 Å². The highest BCUT2D eigenvalue weighted by molar-refractivity contribution is 5.32. The van der Waals surface area contributed by atoms with Gasteiger partial charge >= 0.3 is 0 Å². The van der Waals surface area contributed by atoms with E-state index in [-0.39, 0.29) is 5.69 Å². The summed E-state index contributed by atoms with van der Waals surface area (Å²) in [5, 5.41) is 10.3. The van der Waals surface area contributed by atoms with Crippen molar-refractivity contribution >= 4 is 5.69 Å². The molecule has 0 fully saturated rings. The van der Waals surface area contributed by atoms with E-state index in [0.717, 1.165) is 12.0 Å². The zero-order chi connectivity index (χ0) is 13.0. The monoisotopic (exact) mass is 226 g/mol. The summed E-state index contributed by atoms with van der Waals surface area (Å²) in [6.45, 7) is 8.57. The van der Waals surface area contributed by atoms with Crippen molar-refractivity contribution in [3.8, 4) is 0 Å². The van der Waals surface area contributed by atoms with Gasteiger partial charge in [-0.1, -0.05) is 39.8 Å². The van der Waals surface area contributed by atoms with E-state index in [9.17, 15) is 10.1 Å². The van der Waals surface area contributed by atoms with Crippen LogP contribution in [0.3, 0.4) is 0 Å². The Hall–Kier alpha value is -1.42. The van der Waals surface area contributed by atoms with E-state index < -0.39 is 4.92 Å². The molecule has 0 heterocycles. The highest BCUT2D eigenvalue weighted by Gasteiger charge is 2.02. The van der Waals surface area contributed by atoms with Crippen molar-refractivity contribution in [3.63, 3.8) is 0 Å². The summed E-state index contributed by atoms with van der Waals surface area (Å²) in [5.74, 6) is 0. The van der Waals surface area contributed by atoms with Crippen LogP contribution in [0.5, 0.6) is 0 Å². The van der Waals surface area contributed by atoms with Gasteiger partial charge in [0.15, 0.2) is 0 Å². The van der Waals surface area contributed by atoms with Crippen LogP contribution in [-0.2, 0) is 6.42 Å². The second-order valence-corrected chi connectivity index (χ2v) is 2.46. The fourth-order valence-electron chi connectivity index (χ4n) is 0.951. The summed E-state index contributed by atoms with van der Waals surface area (Å²) in [5.41, 5.74) is 6.48. The third-order valence-corrected chi connectivity index (χ3v) is 1.58. The molecule has 16 heavy (non-hydrogen) atoms. The molecule has 0 saturated heterocycles. The molecule has 0 amide bonds. The molecule has 1 aromatic rings. The normalized spacial score (nSPS) is 8.06. The van der Waals surface area contributed by atoms with Gasteiger partial charge in [0.2, 0.25) is 0 Å². The van der Waals surface area contributed by atoms with Crippen molar-refractivity contribution in [3.05, 3.63) is 39.9 Å². The minimum atomic E-state index is -0.410. The first kappa shape index (κ1) is 17.0. The molecule has 0 aliphatic carbocycles. The number of hydrogen-bond acceptors (Lipinski definition) is 3. The van der Waals surface area contributed by atoms with Gasteiger partial charge in [0, 0.05) is 12.1 Å². The Morgan fingerprint density at radius 3 is 1.88 bits per heavy atom. The van der Waals surface area contributed by atoms with Crippen molar-refractivity contribution < 1.29 is 4.92 Å². The molecule has 1 aromatic carbocycles. The molecule has 0 aliphatic heterocycles. The molecule has 0 unspecified atom stereocenters. The number of nitro benzene ring substituents is 1. The molecule has 0 radical (unpaired) electrons. The van der Waals surface area contributed by atoms with Gasteiger partial charge in [0.1, 0.15) is 0 Å². The van der Waals surface area contributed by atoms with Crippen molar-refractivity contribution in [2.75, 3.05) is 6.54 Å². The molecule has 2 N–H and O–H groups in total. The SMILES string of the molecule is CC.CC.NCCc1ccc([N+](=O)[O-])cc1. The second-order valence-electron chi connectivity index (χ2n) is 2.46. The van der Waals surface area contributed by atoms with Gasteiger partial charge in [-0.05, 0) is 18.5 Å². The summed E-state index contributed by atoms with van der Waals surface area (Å²) < 4.78 is 0. The van der Waals surface area contributed by atoms with E-state index >= 15 is 0 Å². The summed E-state index contributed by atoms with van der Waals surface area (Å²) in [7, 11) is 0. The Kier molecular flexibility index (Phi) is 12.4. The van der Waals surface area contributed by atoms with Crippen LogP contribution < -0.4 is 5.73 Å². The van der Waals surface area contributed by atoms with Gasteiger partial charge in [-0.25, -0.2) is 0 Å². The van der Waals surface area contributed by atoms with Crippen LogP contribution in [0.2, 0.25) is 0 Å². The topological polar surface area (TPSA) is 69.2 Å². The van der Waals surface area contributed by atoms with Gasteiger partial charge in [-0.15, -0.1) is 0 Å². The van der Waals surface area contributed by atoms with Crippen molar-refractivity contribution in [2.45, 2.75) is 34.1 Å². The number of hydrogen-bond donors (Lipinski definition) is 1. The largest absolute Gasteiger partial charge is 0.330 e. The van der Waals surface area contributed by atoms with Crippen LogP contribution in [-0.4, -0.2) is 11.5 Å². The molecule has 0 spiro atoms. The van der Waals surface area contributed by atoms with E-state index in [1.165, 1.54) is 12.1 Å². The molecular weight excluding hydrogens is 204 g/mol. The maximum atomic E-state index is 10.3. The van der Waals surface area contributed by atoms with Crippen LogP contribution >= 0.6 is 0 Å². The van der Waals surface area contributed by atoms with E-state index in [1.807, 2.05) is 27.7 Å². The predicted octanol–water partition coefficient (Wildman–Crippen LogP) is 3.15. The van der Waals surface area contributed by atoms with Gasteiger partial charge in [-0.3, -0.25) is 10.1 Å². The second kappa shape index (κ2) is 11.7. The minimum absolute atomic E-state index is 0.121. The van der Waals surface area contributed by atoms with E-state index in [1.54, 1.807) is 12.1 Å². The number of benzene rings is 1. The fraction of sp³-hybridized carbons (Fsp3) is 0.500. The zero-order valence-corrected chi connectivity index (χ0v) is 10.6. The molecule has 4 nitrogen and oxygen atoms in total. The fourth-order valence-corrected chi connectivity index (χ4v) is 0.951. The first-order valence-electron chi connectivity index (χ1n) is 5.67. The molecule has 0 aromatic heterocycles. The molecule has 4 heteroatoms. The van der Waals surface area contributed by atoms with Crippen molar-refractivity contribution in [2.24, 2.45) is 5.73 Å². The number of nitrogens with zero attached hydrogens (tertiary/aromatic N) is 1. The predicted molar refractivity (Wildman–Crippen MR) is 68.6 cm³/mol. The molecule has 0 bridgehead atoms. The van der Waals surface area contributed by atoms with Crippen LogP contribution in [0.15, 0.2) is 24.3 Å². The Morgan fingerprint density at radius 1 is 1.12 bits per heavy atom. The quantitative estimate of drug-likeness (QED) is 0.635. The highest BCUT2D eigenvalue weighted by Crippen LogP contribution is 2.11. The third kappa shape index (κ3) is 6.95. The first-order valence-corrected chi connectivity index (χ1v) is 5.67. The summed E-state index contributed by atoms with van der Waals surface area (Å²) >= 11 is 0. The summed E-state index contributed by atoms with van der Waals surface area (Å²) in [6.07, 6.45) is 0.762. The van der Waals surface area contributed by atoms with Gasteiger partial charge in [0.25, 0.3) is 5.69 Å². The molecule has 1 rings (SSSR count). The lowest BCUT2D eigenvalue weighted by Gasteiger charge is -1.96. The average molecular weight is 226 g/mol. The lowest BCUT2D eigenvalue weighted by atomic mass is 10.1. The molecule has 0 saturated carbocycles. The molecule has 0 aliphatic rings. The van der Waals surface area contributed by atoms with Crippen LogP contribution in [0.25, 0.3) is 0 Å². The van der Waals surface area contributed by atoms with Crippen LogP contribution in [0.4, 0.5) is 5.69 Å². The lowest BCUT2D eigenvalue weighted by Crippen LogP contribution is -2.02. The maximum absolute atomic E-state index is 10.3. The lowest BCUT2D eigenvalue weighted by molar-refractivity contribution is -0.384. The number of non-ortho nitro benzene ring substituents is 1. The maximum Gasteiger partial charge on any atom is 0.269 e. The number of nitrogens with two attached hydrogens (primary N) is 1. The Labute approximate surface area is 97.6 Å². The van der Waals surface area contributed by atoms with Crippen LogP contribution in [0.1, 0.15) is 33.3 Å². The van der Waals surface area contributed by atoms with E-state index in [2.05, 4.69) is 0 Å². The van der Waals surface area contributed by atoms with Crippen LogP contribution in [0, 0.1) is 10.1 Å². The number of rotatable bonds is 3. The average Bonchev–Trinajstić information content (AvgIpc) is 2.35. The number of nitro groups is 1. The van der Waals surface area contributed by atoms with Gasteiger partial charge in [0.05, 0.1) is 4.92 Å². The zero-order valence-electron chi connectivity index (χ0n) is 10.6. The summed E-state index contributed by atoms with van der Waals surface area (Å²) in [6, 6.07) is 6.44. The Balaban J connectivity index is 0. The molecule has 0 atom stereocenters. The molecule has 92 valence electrons. The van der Waals surface area contributed by atoms with Gasteiger partial charge in [-0.2, -0.15) is 0 Å². The Bertz CT molecular complexity index is 271. The summed E-state index contributed by atoms with van der Waals surface area (Å²) in [4.78, 5) is 9.84. The first-order chi connectivity index (χ1) is 7.74. The van der Waals surface area contributed by atoms with E-state index in [0.29, 0.717) is 6.54 Å². The highest BCUT2D eigenvalue weighted by atomic mass is 16.6. The van der Waals surface area contributed by atoms with Crippen molar-refractivity contribution in [1.82, 2.24) is 0 Å². The smallest absolute Gasteiger partial charge is 0.269 e. The standard InChI is InChI=1S/C8H10N2O2.2C2H6/c9-6-5-7-1-3-8(4-2-7)10(11)12;2*1-2/h1-4H,5-6,9H2;2*1-2H3. The third-order valence-electron chi connectivity index (χ3n) is 1.58.